The molecule has 4 nitrogen and oxygen atoms in total. The van der Waals surface area contributed by atoms with Gasteiger partial charge in [-0.15, -0.1) is 0 Å². The lowest BCUT2D eigenvalue weighted by Crippen LogP contribution is -2.07. The van der Waals surface area contributed by atoms with Crippen LogP contribution in [0.4, 0.5) is 5.69 Å². The third kappa shape index (κ3) is 5.62. The van der Waals surface area contributed by atoms with E-state index in [2.05, 4.69) is 18.3 Å². The number of nitrogens with one attached hydrogen (secondary N) is 1. The molecule has 3 aromatic carbocycles. The second kappa shape index (κ2) is 9.80. The van der Waals surface area contributed by atoms with Crippen LogP contribution in [-0.2, 0) is 11.4 Å². The molecule has 0 radical (unpaired) electrons. The summed E-state index contributed by atoms with van der Waals surface area (Å²) in [5.41, 5.74) is 3.69. The lowest BCUT2D eigenvalue weighted by atomic mass is 10.1. The fraction of sp³-hybridized carbons (Fsp3) is 0.125. The maximum absolute atomic E-state index is 12.1. The average Bonchev–Trinajstić information content (AvgIpc) is 2.73. The molecular formula is C24H22ClNO3. The Bertz CT molecular complexity index is 1030. The number of hydrogen-bond donors (Lipinski definition) is 1. The molecule has 0 saturated carbocycles. The zero-order valence-electron chi connectivity index (χ0n) is 16.3. The minimum Gasteiger partial charge on any atom is -0.493 e. The van der Waals surface area contributed by atoms with Crippen LogP contribution < -0.4 is 14.8 Å². The van der Waals surface area contributed by atoms with Crippen molar-refractivity contribution in [2.45, 2.75) is 13.5 Å². The second-order valence-electron chi connectivity index (χ2n) is 6.43. The van der Waals surface area contributed by atoms with Crippen molar-refractivity contribution in [1.29, 1.82) is 0 Å². The first-order valence-corrected chi connectivity index (χ1v) is 9.53. The van der Waals surface area contributed by atoms with E-state index in [-0.39, 0.29) is 5.91 Å². The maximum Gasteiger partial charge on any atom is 0.248 e. The summed E-state index contributed by atoms with van der Waals surface area (Å²) in [5, 5.41) is 3.24. The lowest BCUT2D eigenvalue weighted by Gasteiger charge is -2.12. The molecule has 3 rings (SSSR count). The molecule has 0 aliphatic heterocycles. The van der Waals surface area contributed by atoms with E-state index in [0.29, 0.717) is 28.8 Å². The number of hydrogen-bond acceptors (Lipinski definition) is 3. The number of methoxy groups -OCH3 is 1. The molecule has 29 heavy (non-hydrogen) atoms. The van der Waals surface area contributed by atoms with Gasteiger partial charge in [-0.05, 0) is 54.0 Å². The van der Waals surface area contributed by atoms with E-state index in [1.54, 1.807) is 25.3 Å². The summed E-state index contributed by atoms with van der Waals surface area (Å²) in [4.78, 5) is 12.1. The van der Waals surface area contributed by atoms with E-state index in [0.717, 1.165) is 11.1 Å². The average molecular weight is 408 g/mol. The summed E-state index contributed by atoms with van der Waals surface area (Å²) in [6.45, 7) is 2.51. The lowest BCUT2D eigenvalue weighted by molar-refractivity contribution is -0.111. The van der Waals surface area contributed by atoms with Crippen LogP contribution in [0.5, 0.6) is 11.5 Å². The van der Waals surface area contributed by atoms with E-state index >= 15 is 0 Å². The molecule has 1 amide bonds. The fourth-order valence-corrected chi connectivity index (χ4v) is 2.93. The topological polar surface area (TPSA) is 47.6 Å². The van der Waals surface area contributed by atoms with Crippen molar-refractivity contribution in [3.63, 3.8) is 0 Å². The van der Waals surface area contributed by atoms with Gasteiger partial charge in [-0.25, -0.2) is 0 Å². The number of carbonyl (C=O) groups excluding carboxylic acids is 1. The molecule has 0 atom stereocenters. The van der Waals surface area contributed by atoms with Gasteiger partial charge in [-0.2, -0.15) is 0 Å². The van der Waals surface area contributed by atoms with E-state index in [4.69, 9.17) is 21.1 Å². The highest BCUT2D eigenvalue weighted by Gasteiger charge is 2.07. The van der Waals surface area contributed by atoms with E-state index < -0.39 is 0 Å². The largest absolute Gasteiger partial charge is 0.493 e. The van der Waals surface area contributed by atoms with Crippen molar-refractivity contribution in [1.82, 2.24) is 0 Å². The Morgan fingerprint density at radius 2 is 1.79 bits per heavy atom. The number of benzene rings is 3. The molecule has 1 N–H and O–H groups in total. The normalized spacial score (nSPS) is 10.7. The number of anilines is 1. The van der Waals surface area contributed by atoms with Gasteiger partial charge in [0.2, 0.25) is 5.91 Å². The van der Waals surface area contributed by atoms with Gasteiger partial charge < -0.3 is 14.8 Å². The molecule has 0 heterocycles. The third-order valence-electron chi connectivity index (χ3n) is 4.39. The van der Waals surface area contributed by atoms with Crippen molar-refractivity contribution in [3.05, 3.63) is 94.5 Å². The monoisotopic (exact) mass is 407 g/mol. The molecular weight excluding hydrogens is 386 g/mol. The number of amides is 1. The summed E-state index contributed by atoms with van der Waals surface area (Å²) in [6, 6.07) is 20.7. The molecule has 0 aliphatic rings. The Kier molecular flexibility index (Phi) is 6.93. The van der Waals surface area contributed by atoms with Crippen LogP contribution in [0.15, 0.2) is 72.8 Å². The molecule has 0 unspecified atom stereocenters. The molecule has 5 heteroatoms. The highest BCUT2D eigenvalue weighted by molar-refractivity contribution is 6.33. The first-order valence-electron chi connectivity index (χ1n) is 9.16. The zero-order valence-corrected chi connectivity index (χ0v) is 17.1. The molecule has 148 valence electrons. The fourth-order valence-electron chi connectivity index (χ4n) is 2.74. The van der Waals surface area contributed by atoms with Gasteiger partial charge in [0.15, 0.2) is 11.5 Å². The minimum absolute atomic E-state index is 0.267. The maximum atomic E-state index is 12.1. The number of carbonyl (C=O) groups is 1. The summed E-state index contributed by atoms with van der Waals surface area (Å²) in [5.74, 6) is 0.984. The number of halogens is 1. The van der Waals surface area contributed by atoms with E-state index in [1.165, 1.54) is 11.6 Å². The van der Waals surface area contributed by atoms with E-state index in [1.807, 2.05) is 48.5 Å². The van der Waals surface area contributed by atoms with Crippen molar-refractivity contribution in [2.75, 3.05) is 12.4 Å². The zero-order chi connectivity index (χ0) is 20.6. The van der Waals surface area contributed by atoms with Crippen LogP contribution in [-0.4, -0.2) is 13.0 Å². The van der Waals surface area contributed by atoms with Crippen molar-refractivity contribution >= 4 is 29.3 Å². The Hall–Kier alpha value is -3.24. The third-order valence-corrected chi connectivity index (χ3v) is 4.72. The molecule has 0 bridgehead atoms. The van der Waals surface area contributed by atoms with Crippen molar-refractivity contribution in [3.8, 4) is 11.5 Å². The van der Waals surface area contributed by atoms with Crippen LogP contribution in [0.25, 0.3) is 6.08 Å². The smallest absolute Gasteiger partial charge is 0.248 e. The summed E-state index contributed by atoms with van der Waals surface area (Å²) < 4.78 is 11.4. The highest BCUT2D eigenvalue weighted by atomic mass is 35.5. The second-order valence-corrected chi connectivity index (χ2v) is 6.84. The molecule has 0 spiro atoms. The Morgan fingerprint density at radius 1 is 1.03 bits per heavy atom. The highest BCUT2D eigenvalue weighted by Crippen LogP contribution is 2.29. The van der Waals surface area contributed by atoms with Gasteiger partial charge in [0.05, 0.1) is 17.8 Å². The predicted molar refractivity (Wildman–Crippen MR) is 118 cm³/mol. The van der Waals surface area contributed by atoms with Crippen LogP contribution in [0.1, 0.15) is 16.7 Å². The van der Waals surface area contributed by atoms with Gasteiger partial charge >= 0.3 is 0 Å². The van der Waals surface area contributed by atoms with Gasteiger partial charge in [-0.1, -0.05) is 54.1 Å². The Labute approximate surface area is 175 Å². The Morgan fingerprint density at radius 3 is 2.55 bits per heavy atom. The number of rotatable bonds is 7. The summed E-state index contributed by atoms with van der Waals surface area (Å²) >= 11 is 6.06. The van der Waals surface area contributed by atoms with Gasteiger partial charge in [0, 0.05) is 6.08 Å². The first kappa shape index (κ1) is 20.5. The van der Waals surface area contributed by atoms with Crippen molar-refractivity contribution < 1.29 is 14.3 Å². The SMILES string of the molecule is COc1cc(C=CC(=O)Nc2ccccc2Cl)ccc1OCc1ccccc1C. The van der Waals surface area contributed by atoms with Crippen LogP contribution in [0.2, 0.25) is 5.02 Å². The molecule has 0 aliphatic carbocycles. The van der Waals surface area contributed by atoms with Crippen LogP contribution >= 0.6 is 11.6 Å². The summed E-state index contributed by atoms with van der Waals surface area (Å²) in [7, 11) is 1.59. The van der Waals surface area contributed by atoms with Crippen LogP contribution in [0, 0.1) is 6.92 Å². The molecule has 0 saturated heterocycles. The number of ether oxygens (including phenoxy) is 2. The number of para-hydroxylation sites is 1. The van der Waals surface area contributed by atoms with Crippen LogP contribution in [0.3, 0.4) is 0 Å². The standard InChI is InChI=1S/C24H22ClNO3/c1-17-7-3-4-8-19(17)16-29-22-13-11-18(15-23(22)28-2)12-14-24(27)26-21-10-6-5-9-20(21)25/h3-15H,16H2,1-2H3,(H,26,27). The van der Waals surface area contributed by atoms with E-state index in [9.17, 15) is 4.79 Å². The molecule has 3 aromatic rings. The van der Waals surface area contributed by atoms with Gasteiger partial charge in [0.1, 0.15) is 6.61 Å². The minimum atomic E-state index is -0.267. The first-order chi connectivity index (χ1) is 14.1. The quantitative estimate of drug-likeness (QED) is 0.497. The van der Waals surface area contributed by atoms with Gasteiger partial charge in [0.25, 0.3) is 0 Å². The van der Waals surface area contributed by atoms with Gasteiger partial charge in [-0.3, -0.25) is 4.79 Å². The predicted octanol–water partition coefficient (Wildman–Crippen LogP) is 5.89. The number of aryl methyl sites for hydroxylation is 1. The Balaban J connectivity index is 1.66. The van der Waals surface area contributed by atoms with Crippen molar-refractivity contribution in [2.24, 2.45) is 0 Å². The summed E-state index contributed by atoms with van der Waals surface area (Å²) in [6.07, 6.45) is 3.16. The molecule has 0 aromatic heterocycles. The molecule has 0 fully saturated rings.